The van der Waals surface area contributed by atoms with Gasteiger partial charge in [0, 0.05) is 6.42 Å². The first-order valence-electron chi connectivity index (χ1n) is 5.40. The fourth-order valence-corrected chi connectivity index (χ4v) is 1.92. The van der Waals surface area contributed by atoms with E-state index in [1.165, 1.54) is 7.11 Å². The van der Waals surface area contributed by atoms with Gasteiger partial charge in [0.05, 0.1) is 25.7 Å². The Morgan fingerprint density at radius 3 is 2.60 bits per heavy atom. The maximum atomic E-state index is 11.2. The van der Waals surface area contributed by atoms with Crippen molar-refractivity contribution in [2.24, 2.45) is 5.92 Å². The first kappa shape index (κ1) is 12.1. The Labute approximate surface area is 91.1 Å². The fraction of sp³-hybridized carbons (Fsp3) is 0.750. The summed E-state index contributed by atoms with van der Waals surface area (Å²) in [5.41, 5.74) is 0. The van der Waals surface area contributed by atoms with Crippen molar-refractivity contribution in [1.82, 2.24) is 0 Å². The predicted molar refractivity (Wildman–Crippen MR) is 57.2 cm³/mol. The van der Waals surface area contributed by atoms with Crippen LogP contribution in [0.5, 0.6) is 0 Å². The van der Waals surface area contributed by atoms with Crippen LogP contribution in [0, 0.1) is 18.3 Å². The Bertz CT molecular complexity index is 234. The lowest BCUT2D eigenvalue weighted by Gasteiger charge is -2.26. The van der Waals surface area contributed by atoms with E-state index >= 15 is 0 Å². The van der Waals surface area contributed by atoms with Gasteiger partial charge in [0.25, 0.3) is 0 Å². The molecular formula is C12H18O3. The second-order valence-corrected chi connectivity index (χ2v) is 3.82. The molecule has 0 saturated heterocycles. The van der Waals surface area contributed by atoms with Crippen LogP contribution in [0.4, 0.5) is 0 Å². The van der Waals surface area contributed by atoms with Crippen molar-refractivity contribution in [1.29, 1.82) is 0 Å². The van der Waals surface area contributed by atoms with Crippen LogP contribution in [0.3, 0.4) is 0 Å². The van der Waals surface area contributed by atoms with Crippen molar-refractivity contribution in [3.63, 3.8) is 0 Å². The summed E-state index contributed by atoms with van der Waals surface area (Å²) in [7, 11) is 1.44. The summed E-state index contributed by atoms with van der Waals surface area (Å²) in [6, 6.07) is 0. The molecule has 0 bridgehead atoms. The number of methoxy groups -OCH3 is 1. The number of rotatable bonds is 4. The molecule has 3 heteroatoms. The monoisotopic (exact) mass is 210 g/mol. The summed E-state index contributed by atoms with van der Waals surface area (Å²) in [6.45, 7) is 0.629. The lowest BCUT2D eigenvalue weighted by atomic mass is 9.87. The number of hydrogen-bond donors (Lipinski definition) is 0. The molecule has 1 aliphatic rings. The molecule has 0 aromatic carbocycles. The normalized spacial score (nSPS) is 25.6. The van der Waals surface area contributed by atoms with Crippen LogP contribution in [0.25, 0.3) is 0 Å². The van der Waals surface area contributed by atoms with Gasteiger partial charge >= 0.3 is 5.97 Å². The number of esters is 1. The van der Waals surface area contributed by atoms with Crippen LogP contribution < -0.4 is 0 Å². The summed E-state index contributed by atoms with van der Waals surface area (Å²) < 4.78 is 10.3. The van der Waals surface area contributed by atoms with Crippen LogP contribution in [0.2, 0.25) is 0 Å². The highest BCUT2D eigenvalue weighted by Crippen LogP contribution is 2.26. The largest absolute Gasteiger partial charge is 0.469 e. The molecule has 0 aliphatic heterocycles. The van der Waals surface area contributed by atoms with Gasteiger partial charge in [-0.15, -0.1) is 12.3 Å². The third-order valence-corrected chi connectivity index (χ3v) is 2.81. The van der Waals surface area contributed by atoms with E-state index in [0.29, 0.717) is 13.0 Å². The highest BCUT2D eigenvalue weighted by Gasteiger charge is 2.26. The van der Waals surface area contributed by atoms with Crippen LogP contribution in [-0.2, 0) is 14.3 Å². The topological polar surface area (TPSA) is 35.5 Å². The minimum Gasteiger partial charge on any atom is -0.469 e. The van der Waals surface area contributed by atoms with Crippen LogP contribution in [-0.4, -0.2) is 25.8 Å². The van der Waals surface area contributed by atoms with Gasteiger partial charge in [-0.05, 0) is 25.7 Å². The van der Waals surface area contributed by atoms with Gasteiger partial charge in [0.2, 0.25) is 0 Å². The lowest BCUT2D eigenvalue weighted by Crippen LogP contribution is -2.27. The Kier molecular flexibility index (Phi) is 5.20. The molecule has 0 spiro atoms. The molecule has 1 aliphatic carbocycles. The second-order valence-electron chi connectivity index (χ2n) is 3.82. The van der Waals surface area contributed by atoms with Crippen molar-refractivity contribution in [3.05, 3.63) is 0 Å². The average molecular weight is 210 g/mol. The lowest BCUT2D eigenvalue weighted by molar-refractivity contribution is -0.147. The maximum absolute atomic E-state index is 11.2. The summed E-state index contributed by atoms with van der Waals surface area (Å²) in [5.74, 6) is 2.53. The highest BCUT2D eigenvalue weighted by molar-refractivity contribution is 5.72. The molecule has 1 saturated carbocycles. The first-order valence-corrected chi connectivity index (χ1v) is 5.40. The summed E-state index contributed by atoms with van der Waals surface area (Å²) in [6.07, 6.45) is 9.68. The van der Waals surface area contributed by atoms with Gasteiger partial charge < -0.3 is 9.47 Å². The Morgan fingerprint density at radius 1 is 1.40 bits per heavy atom. The minimum atomic E-state index is -0.0860. The molecule has 0 atom stereocenters. The van der Waals surface area contributed by atoms with Gasteiger partial charge in [-0.25, -0.2) is 0 Å². The molecule has 15 heavy (non-hydrogen) atoms. The van der Waals surface area contributed by atoms with Crippen LogP contribution >= 0.6 is 0 Å². The van der Waals surface area contributed by atoms with Crippen molar-refractivity contribution >= 4 is 5.97 Å². The van der Waals surface area contributed by atoms with Crippen LogP contribution in [0.1, 0.15) is 32.1 Å². The smallest absolute Gasteiger partial charge is 0.308 e. The van der Waals surface area contributed by atoms with E-state index in [-0.39, 0.29) is 18.0 Å². The highest BCUT2D eigenvalue weighted by atomic mass is 16.5. The van der Waals surface area contributed by atoms with E-state index in [9.17, 15) is 4.79 Å². The number of ether oxygens (including phenoxy) is 2. The number of carbonyl (C=O) groups excluding carboxylic acids is 1. The molecule has 1 fully saturated rings. The molecule has 0 aromatic heterocycles. The third-order valence-electron chi connectivity index (χ3n) is 2.81. The molecule has 0 unspecified atom stereocenters. The molecule has 0 radical (unpaired) electrons. The molecule has 0 amide bonds. The SMILES string of the molecule is C#CCCOC1CCC(C(=O)OC)CC1. The van der Waals surface area contributed by atoms with E-state index < -0.39 is 0 Å². The van der Waals surface area contributed by atoms with Gasteiger partial charge in [-0.3, -0.25) is 4.79 Å². The number of carbonyl (C=O) groups is 1. The van der Waals surface area contributed by atoms with Gasteiger partial charge in [-0.2, -0.15) is 0 Å². The third kappa shape index (κ3) is 3.93. The Hall–Kier alpha value is -1.01. The van der Waals surface area contributed by atoms with Crippen molar-refractivity contribution in [2.75, 3.05) is 13.7 Å². The van der Waals surface area contributed by atoms with Crippen molar-refractivity contribution in [2.45, 2.75) is 38.2 Å². The van der Waals surface area contributed by atoms with E-state index in [1.54, 1.807) is 0 Å². The van der Waals surface area contributed by atoms with Crippen molar-refractivity contribution in [3.8, 4) is 12.3 Å². The quantitative estimate of drug-likeness (QED) is 0.403. The van der Waals surface area contributed by atoms with E-state index in [2.05, 4.69) is 5.92 Å². The summed E-state index contributed by atoms with van der Waals surface area (Å²) in [5, 5.41) is 0. The Morgan fingerprint density at radius 2 is 2.07 bits per heavy atom. The average Bonchev–Trinajstić information content (AvgIpc) is 2.29. The molecule has 84 valence electrons. The zero-order valence-corrected chi connectivity index (χ0v) is 9.20. The standard InChI is InChI=1S/C12H18O3/c1-3-4-9-15-11-7-5-10(6-8-11)12(13)14-2/h1,10-11H,4-9H2,2H3. The number of terminal acetylenes is 1. The molecule has 3 nitrogen and oxygen atoms in total. The minimum absolute atomic E-state index is 0.0717. The fourth-order valence-electron chi connectivity index (χ4n) is 1.92. The number of hydrogen-bond acceptors (Lipinski definition) is 3. The Balaban J connectivity index is 2.18. The zero-order chi connectivity index (χ0) is 11.1. The van der Waals surface area contributed by atoms with E-state index in [0.717, 1.165) is 25.7 Å². The van der Waals surface area contributed by atoms with Crippen LogP contribution in [0.15, 0.2) is 0 Å². The molecule has 1 rings (SSSR count). The van der Waals surface area contributed by atoms with E-state index in [1.807, 2.05) is 0 Å². The summed E-state index contributed by atoms with van der Waals surface area (Å²) >= 11 is 0. The molecule has 0 N–H and O–H groups in total. The zero-order valence-electron chi connectivity index (χ0n) is 9.20. The molecule has 0 heterocycles. The summed E-state index contributed by atoms with van der Waals surface area (Å²) in [4.78, 5) is 11.2. The molecular weight excluding hydrogens is 192 g/mol. The van der Waals surface area contributed by atoms with Gasteiger partial charge in [0.1, 0.15) is 0 Å². The maximum Gasteiger partial charge on any atom is 0.308 e. The molecule has 0 aromatic rings. The first-order chi connectivity index (χ1) is 7.27. The van der Waals surface area contributed by atoms with E-state index in [4.69, 9.17) is 15.9 Å². The predicted octanol–water partition coefficient (Wildman–Crippen LogP) is 1.76. The van der Waals surface area contributed by atoms with Crippen molar-refractivity contribution < 1.29 is 14.3 Å². The van der Waals surface area contributed by atoms with Gasteiger partial charge in [0.15, 0.2) is 0 Å². The van der Waals surface area contributed by atoms with Gasteiger partial charge in [-0.1, -0.05) is 0 Å². The second kappa shape index (κ2) is 6.47.